The van der Waals surface area contributed by atoms with Crippen LogP contribution in [-0.4, -0.2) is 10.6 Å². The highest BCUT2D eigenvalue weighted by molar-refractivity contribution is 5.88. The molecule has 0 saturated heterocycles. The van der Waals surface area contributed by atoms with E-state index in [-0.39, 0.29) is 5.41 Å². The Bertz CT molecular complexity index is 196. The topological polar surface area (TPSA) is 21.4 Å². The van der Waals surface area contributed by atoms with Gasteiger partial charge in [0.05, 0.1) is 11.3 Å². The smallest absolute Gasteiger partial charge is 0.282 e. The van der Waals surface area contributed by atoms with Crippen LogP contribution in [0.3, 0.4) is 0 Å². The lowest BCUT2D eigenvalue weighted by Crippen LogP contribution is -2.28. The highest BCUT2D eigenvalue weighted by Gasteiger charge is 2.34. The van der Waals surface area contributed by atoms with E-state index in [1.165, 1.54) is 12.8 Å². The maximum absolute atomic E-state index is 9.88. The zero-order valence-electron chi connectivity index (χ0n) is 8.30. The Kier molecular flexibility index (Phi) is 2.71. The van der Waals surface area contributed by atoms with Crippen LogP contribution in [0.15, 0.2) is 12.2 Å². The lowest BCUT2D eigenvalue weighted by Gasteiger charge is -2.19. The Morgan fingerprint density at radius 2 is 2.08 bits per heavy atom. The fourth-order valence-electron chi connectivity index (χ4n) is 1.60. The van der Waals surface area contributed by atoms with Gasteiger partial charge >= 0.3 is 5.78 Å². The van der Waals surface area contributed by atoms with Crippen LogP contribution < -0.4 is 0 Å². The van der Waals surface area contributed by atoms with Crippen LogP contribution in [0.2, 0.25) is 0 Å². The summed E-state index contributed by atoms with van der Waals surface area (Å²) < 4.78 is 0. The molecule has 0 aliphatic heterocycles. The van der Waals surface area contributed by atoms with Gasteiger partial charge in [0.25, 0.3) is 0 Å². The van der Waals surface area contributed by atoms with E-state index in [0.717, 1.165) is 6.42 Å². The van der Waals surface area contributed by atoms with E-state index in [1.807, 2.05) is 0 Å². The monoisotopic (exact) mass is 167 g/mol. The van der Waals surface area contributed by atoms with Gasteiger partial charge in [-0.15, -0.1) is 0 Å². The summed E-state index contributed by atoms with van der Waals surface area (Å²) >= 11 is 0. The van der Waals surface area contributed by atoms with Crippen LogP contribution >= 0.6 is 0 Å². The first-order chi connectivity index (χ1) is 5.52. The van der Waals surface area contributed by atoms with E-state index in [4.69, 9.17) is 0 Å². The predicted octanol–water partition coefficient (Wildman–Crippen LogP) is 2.93. The molecule has 1 aliphatic rings. The van der Waals surface area contributed by atoms with E-state index in [2.05, 4.69) is 32.9 Å². The molecule has 0 radical (unpaired) electrons. The Hall–Kier alpha value is -0.590. The standard InChI is InChI=1S/C11H18O/c1-11(2,3)10(12)9-7-5-4-6-8-9/h5,7,9H,4,6,8H2,1-3H3/p+1. The minimum Gasteiger partial charge on any atom is -0.282 e. The molecule has 0 saturated carbocycles. The van der Waals surface area contributed by atoms with Crippen molar-refractivity contribution < 1.29 is 4.79 Å². The normalized spacial score (nSPS) is 24.1. The summed E-state index contributed by atoms with van der Waals surface area (Å²) in [7, 11) is 0. The Labute approximate surface area is 74.9 Å². The van der Waals surface area contributed by atoms with Crippen molar-refractivity contribution in [2.45, 2.75) is 40.0 Å². The van der Waals surface area contributed by atoms with Gasteiger partial charge in [-0.1, -0.05) is 12.2 Å². The Balaban J connectivity index is 2.64. The molecule has 1 heteroatoms. The number of rotatable bonds is 1. The van der Waals surface area contributed by atoms with Gasteiger partial charge in [0.15, 0.2) is 0 Å². The molecule has 1 aliphatic carbocycles. The van der Waals surface area contributed by atoms with Crippen molar-refractivity contribution in [1.29, 1.82) is 0 Å². The molecule has 1 unspecified atom stereocenters. The summed E-state index contributed by atoms with van der Waals surface area (Å²) in [4.78, 5) is 9.88. The van der Waals surface area contributed by atoms with Gasteiger partial charge in [-0.05, 0) is 40.0 Å². The van der Waals surface area contributed by atoms with Gasteiger partial charge in [-0.25, -0.2) is 0 Å². The van der Waals surface area contributed by atoms with Crippen molar-refractivity contribution in [3.63, 3.8) is 0 Å². The number of allylic oxidation sites excluding steroid dienone is 2. The zero-order valence-corrected chi connectivity index (χ0v) is 8.30. The second kappa shape index (κ2) is 3.42. The van der Waals surface area contributed by atoms with Crippen LogP contribution in [0.4, 0.5) is 0 Å². The van der Waals surface area contributed by atoms with Gasteiger partial charge in [-0.2, -0.15) is 0 Å². The number of carbonyl (C=O) groups excluding carboxylic acids is 1. The molecule has 1 atom stereocenters. The number of hydrogen-bond donors (Lipinski definition) is 0. The van der Waals surface area contributed by atoms with Crippen molar-refractivity contribution in [3.8, 4) is 0 Å². The van der Waals surface area contributed by atoms with Crippen LogP contribution in [-0.2, 0) is 0 Å². The molecule has 0 aromatic rings. The third-order valence-corrected chi connectivity index (χ3v) is 2.37. The minimum atomic E-state index is -0.0631. The second-order valence-corrected chi connectivity index (χ2v) is 4.60. The van der Waals surface area contributed by atoms with E-state index < -0.39 is 0 Å². The molecule has 1 nitrogen and oxygen atoms in total. The largest absolute Gasteiger partial charge is 0.305 e. The van der Waals surface area contributed by atoms with Crippen molar-refractivity contribution in [3.05, 3.63) is 12.2 Å². The molecule has 0 aromatic heterocycles. The molecule has 0 heterocycles. The number of hydrogen-bond acceptors (Lipinski definition) is 0. The molecule has 0 bridgehead atoms. The summed E-state index contributed by atoms with van der Waals surface area (Å²) in [5.41, 5.74) is -0.0631. The van der Waals surface area contributed by atoms with Gasteiger partial charge in [-0.3, -0.25) is 4.79 Å². The molecular formula is C11H19O+. The minimum absolute atomic E-state index is 0.0631. The van der Waals surface area contributed by atoms with E-state index in [9.17, 15) is 4.79 Å². The highest BCUT2D eigenvalue weighted by Crippen LogP contribution is 2.26. The summed E-state index contributed by atoms with van der Waals surface area (Å²) in [6, 6.07) is 0. The maximum atomic E-state index is 9.88. The first-order valence-corrected chi connectivity index (χ1v) is 4.75. The van der Waals surface area contributed by atoms with Crippen LogP contribution in [0.5, 0.6) is 0 Å². The van der Waals surface area contributed by atoms with Gasteiger partial charge in [0, 0.05) is 0 Å². The summed E-state index contributed by atoms with van der Waals surface area (Å²) in [6.45, 7) is 6.18. The fraction of sp³-hybridized carbons (Fsp3) is 0.727. The van der Waals surface area contributed by atoms with E-state index >= 15 is 0 Å². The predicted molar refractivity (Wildman–Crippen MR) is 52.9 cm³/mol. The average molecular weight is 167 g/mol. The third kappa shape index (κ3) is 2.20. The van der Waals surface area contributed by atoms with Crippen molar-refractivity contribution in [1.82, 2.24) is 0 Å². The van der Waals surface area contributed by atoms with E-state index in [1.54, 1.807) is 0 Å². The molecule has 1 N–H and O–H groups in total. The van der Waals surface area contributed by atoms with Crippen LogP contribution in [0.1, 0.15) is 40.0 Å². The fourth-order valence-corrected chi connectivity index (χ4v) is 1.60. The SMILES string of the molecule is CC(C)(C)C(=[OH+])C1C=CCCC1. The van der Waals surface area contributed by atoms with Crippen molar-refractivity contribution in [2.75, 3.05) is 0 Å². The third-order valence-electron chi connectivity index (χ3n) is 2.37. The van der Waals surface area contributed by atoms with Crippen LogP contribution in [0.25, 0.3) is 0 Å². The molecule has 12 heavy (non-hydrogen) atoms. The lowest BCUT2D eigenvalue weighted by atomic mass is 9.79. The summed E-state index contributed by atoms with van der Waals surface area (Å²) in [5.74, 6) is 0.942. The van der Waals surface area contributed by atoms with Gasteiger partial charge < -0.3 is 0 Å². The molecule has 0 fully saturated rings. The zero-order chi connectivity index (χ0) is 9.19. The maximum Gasteiger partial charge on any atom is 0.305 e. The van der Waals surface area contributed by atoms with Crippen molar-refractivity contribution in [2.24, 2.45) is 11.3 Å². The summed E-state index contributed by atoms with van der Waals surface area (Å²) in [5, 5.41) is 0. The van der Waals surface area contributed by atoms with Gasteiger partial charge in [0.2, 0.25) is 0 Å². The van der Waals surface area contributed by atoms with Crippen LogP contribution in [0, 0.1) is 11.3 Å². The first kappa shape index (κ1) is 9.50. The quantitative estimate of drug-likeness (QED) is 0.423. The Morgan fingerprint density at radius 1 is 1.42 bits per heavy atom. The molecular weight excluding hydrogens is 148 g/mol. The molecule has 0 aromatic carbocycles. The van der Waals surface area contributed by atoms with Gasteiger partial charge in [0.1, 0.15) is 0 Å². The number of ketones is 1. The highest BCUT2D eigenvalue weighted by atomic mass is 16.1. The molecule has 0 amide bonds. The average Bonchev–Trinajstić information content (AvgIpc) is 2.03. The Morgan fingerprint density at radius 3 is 2.50 bits per heavy atom. The molecule has 68 valence electrons. The molecule has 1 rings (SSSR count). The molecule has 0 spiro atoms. The second-order valence-electron chi connectivity index (χ2n) is 4.60. The summed E-state index contributed by atoms with van der Waals surface area (Å²) in [6.07, 6.45) is 7.81. The van der Waals surface area contributed by atoms with E-state index in [0.29, 0.717) is 11.7 Å². The van der Waals surface area contributed by atoms with Crippen molar-refractivity contribution >= 4 is 5.78 Å². The lowest BCUT2D eigenvalue weighted by molar-refractivity contribution is 0.460. The first-order valence-electron chi connectivity index (χ1n) is 4.75.